The molecule has 0 saturated heterocycles. The van der Waals surface area contributed by atoms with Gasteiger partial charge in [-0.3, -0.25) is 4.99 Å². The Balaban J connectivity index is 2.42. The summed E-state index contributed by atoms with van der Waals surface area (Å²) in [6.07, 6.45) is 9.83. The Kier molecular flexibility index (Phi) is 1.53. The van der Waals surface area contributed by atoms with Gasteiger partial charge in [0.05, 0.1) is 5.36 Å². The van der Waals surface area contributed by atoms with Crippen LogP contribution in [0, 0.1) is 0 Å². The Morgan fingerprint density at radius 2 is 2.21 bits per heavy atom. The molecule has 0 fully saturated rings. The third-order valence-corrected chi connectivity index (χ3v) is 2.41. The van der Waals surface area contributed by atoms with Crippen molar-refractivity contribution in [3.63, 3.8) is 0 Å². The summed E-state index contributed by atoms with van der Waals surface area (Å²) in [5, 5.41) is 2.15. The lowest BCUT2D eigenvalue weighted by Crippen LogP contribution is -2.12. The molecule has 2 nitrogen and oxygen atoms in total. The first kappa shape index (κ1) is 7.56. The largest absolute Gasteiger partial charge is 0.488 e. The van der Waals surface area contributed by atoms with Crippen LogP contribution in [0.25, 0.3) is 12.2 Å². The molecule has 0 spiro atoms. The summed E-state index contributed by atoms with van der Waals surface area (Å²) in [6.45, 7) is 0.674. The molecule has 0 atom stereocenters. The van der Waals surface area contributed by atoms with Gasteiger partial charge in [0.25, 0.3) is 0 Å². The topological polar surface area (TPSA) is 21.6 Å². The van der Waals surface area contributed by atoms with Gasteiger partial charge in [0.1, 0.15) is 12.4 Å². The van der Waals surface area contributed by atoms with E-state index < -0.39 is 0 Å². The molecule has 2 heterocycles. The summed E-state index contributed by atoms with van der Waals surface area (Å²) in [5.41, 5.74) is 1.08. The fourth-order valence-corrected chi connectivity index (χ4v) is 1.74. The lowest BCUT2D eigenvalue weighted by atomic mass is 10.1. The maximum absolute atomic E-state index is 5.56. The highest BCUT2D eigenvalue weighted by Gasteiger charge is 2.09. The number of hydrogen-bond acceptors (Lipinski definition) is 2. The van der Waals surface area contributed by atoms with E-state index in [2.05, 4.69) is 17.1 Å². The molecular formula is C12H9NO. The van der Waals surface area contributed by atoms with Gasteiger partial charge in [-0.2, -0.15) is 0 Å². The zero-order valence-electron chi connectivity index (χ0n) is 7.60. The summed E-state index contributed by atoms with van der Waals surface area (Å²) in [7, 11) is 0. The minimum absolute atomic E-state index is 0.674. The zero-order valence-corrected chi connectivity index (χ0v) is 7.60. The van der Waals surface area contributed by atoms with Crippen LogP contribution in [0.3, 0.4) is 0 Å². The number of rotatable bonds is 0. The van der Waals surface area contributed by atoms with Gasteiger partial charge in [-0.25, -0.2) is 0 Å². The minimum atomic E-state index is 0.674. The van der Waals surface area contributed by atoms with E-state index in [0.717, 1.165) is 16.7 Å². The molecule has 68 valence electrons. The Labute approximate surface area is 81.5 Å². The number of benzene rings is 1. The first-order valence-corrected chi connectivity index (χ1v) is 4.62. The van der Waals surface area contributed by atoms with Crippen LogP contribution < -0.4 is 15.3 Å². The van der Waals surface area contributed by atoms with Crippen molar-refractivity contribution < 1.29 is 4.74 Å². The molecule has 0 radical (unpaired) electrons. The van der Waals surface area contributed by atoms with E-state index in [1.807, 2.05) is 24.3 Å². The molecule has 3 rings (SSSR count). The van der Waals surface area contributed by atoms with Gasteiger partial charge in [0.2, 0.25) is 0 Å². The summed E-state index contributed by atoms with van der Waals surface area (Å²) in [4.78, 5) is 4.33. The predicted octanol–water partition coefficient (Wildman–Crippen LogP) is 1.02. The second kappa shape index (κ2) is 2.84. The highest BCUT2D eigenvalue weighted by Crippen LogP contribution is 2.15. The minimum Gasteiger partial charge on any atom is -0.488 e. The molecule has 1 aromatic rings. The van der Waals surface area contributed by atoms with Crippen LogP contribution in [0.15, 0.2) is 35.5 Å². The molecule has 2 heteroatoms. The number of ether oxygens (including phenoxy) is 1. The fraction of sp³-hybridized carbons (Fsp3) is 0.0833. The molecule has 0 aromatic heterocycles. The van der Waals surface area contributed by atoms with Crippen molar-refractivity contribution in [1.82, 2.24) is 0 Å². The van der Waals surface area contributed by atoms with Gasteiger partial charge in [0.15, 0.2) is 0 Å². The van der Waals surface area contributed by atoms with E-state index in [1.54, 1.807) is 6.20 Å². The van der Waals surface area contributed by atoms with E-state index in [4.69, 9.17) is 4.74 Å². The smallest absolute Gasteiger partial charge is 0.136 e. The number of nitrogens with zero attached hydrogens (tertiary/aromatic N) is 1. The van der Waals surface area contributed by atoms with E-state index >= 15 is 0 Å². The average molecular weight is 183 g/mol. The number of hydrogen-bond donors (Lipinski definition) is 0. The van der Waals surface area contributed by atoms with Crippen LogP contribution in [-0.4, -0.2) is 6.61 Å². The van der Waals surface area contributed by atoms with Gasteiger partial charge in [-0.05, 0) is 30.4 Å². The molecule has 0 aliphatic carbocycles. The lowest BCUT2D eigenvalue weighted by Gasteiger charge is -2.02. The summed E-state index contributed by atoms with van der Waals surface area (Å²) in [5.74, 6) is 0.964. The summed E-state index contributed by atoms with van der Waals surface area (Å²) < 4.78 is 5.56. The third kappa shape index (κ3) is 1.01. The van der Waals surface area contributed by atoms with Crippen LogP contribution in [0.4, 0.5) is 0 Å². The summed E-state index contributed by atoms with van der Waals surface area (Å²) in [6, 6.07) is 4.08. The Morgan fingerprint density at radius 1 is 1.21 bits per heavy atom. The molecule has 2 aliphatic rings. The molecule has 0 unspecified atom stereocenters. The van der Waals surface area contributed by atoms with Crippen molar-refractivity contribution in [3.05, 3.63) is 46.6 Å². The van der Waals surface area contributed by atoms with E-state index in [1.165, 1.54) is 5.22 Å². The molecule has 2 aliphatic heterocycles. The number of fused-ring (bicyclic) bond motifs is 3. The predicted molar refractivity (Wildman–Crippen MR) is 55.4 cm³/mol. The second-order valence-corrected chi connectivity index (χ2v) is 3.26. The SMILES string of the molecule is C1=CN=c2ccc3c(c2C=C1)OCC=3. The van der Waals surface area contributed by atoms with E-state index in [0.29, 0.717) is 6.61 Å². The number of allylic oxidation sites excluding steroid dienone is 2. The normalized spacial score (nSPS) is 16.0. The molecule has 0 saturated carbocycles. The monoisotopic (exact) mass is 183 g/mol. The first-order valence-electron chi connectivity index (χ1n) is 4.62. The summed E-state index contributed by atoms with van der Waals surface area (Å²) >= 11 is 0. The van der Waals surface area contributed by atoms with Gasteiger partial charge in [-0.1, -0.05) is 6.08 Å². The Morgan fingerprint density at radius 3 is 3.21 bits per heavy atom. The third-order valence-electron chi connectivity index (χ3n) is 2.41. The highest BCUT2D eigenvalue weighted by atomic mass is 16.5. The van der Waals surface area contributed by atoms with Crippen molar-refractivity contribution >= 4 is 12.2 Å². The van der Waals surface area contributed by atoms with Crippen molar-refractivity contribution in [2.24, 2.45) is 4.99 Å². The zero-order chi connectivity index (χ0) is 9.38. The maximum Gasteiger partial charge on any atom is 0.136 e. The quantitative estimate of drug-likeness (QED) is 0.588. The van der Waals surface area contributed by atoms with Crippen LogP contribution in [0.1, 0.15) is 5.56 Å². The van der Waals surface area contributed by atoms with E-state index in [9.17, 15) is 0 Å². The molecule has 0 N–H and O–H groups in total. The van der Waals surface area contributed by atoms with E-state index in [-0.39, 0.29) is 0 Å². The molecular weight excluding hydrogens is 174 g/mol. The lowest BCUT2D eigenvalue weighted by molar-refractivity contribution is 0.384. The molecule has 0 amide bonds. The van der Waals surface area contributed by atoms with Crippen molar-refractivity contribution in [2.45, 2.75) is 0 Å². The molecule has 1 aromatic carbocycles. The second-order valence-electron chi connectivity index (χ2n) is 3.26. The first-order chi connectivity index (χ1) is 6.95. The van der Waals surface area contributed by atoms with Gasteiger partial charge < -0.3 is 4.74 Å². The average Bonchev–Trinajstić information content (AvgIpc) is 2.55. The van der Waals surface area contributed by atoms with Crippen molar-refractivity contribution in [2.75, 3.05) is 6.61 Å². The van der Waals surface area contributed by atoms with Crippen LogP contribution in [0.5, 0.6) is 5.75 Å². The molecule has 14 heavy (non-hydrogen) atoms. The highest BCUT2D eigenvalue weighted by molar-refractivity contribution is 5.61. The standard InChI is InChI=1S/C12H9NO/c1-2-7-13-11-5-4-9-6-8-14-12(9)10(11)3-1/h1-7H,8H2. The van der Waals surface area contributed by atoms with Crippen molar-refractivity contribution in [3.8, 4) is 5.75 Å². The van der Waals surface area contributed by atoms with Crippen molar-refractivity contribution in [1.29, 1.82) is 0 Å². The maximum atomic E-state index is 5.56. The fourth-order valence-electron chi connectivity index (χ4n) is 1.74. The molecule has 0 bridgehead atoms. The van der Waals surface area contributed by atoms with Gasteiger partial charge in [-0.15, -0.1) is 0 Å². The van der Waals surface area contributed by atoms with Crippen LogP contribution in [-0.2, 0) is 0 Å². The van der Waals surface area contributed by atoms with Gasteiger partial charge in [0, 0.05) is 17.0 Å². The van der Waals surface area contributed by atoms with Gasteiger partial charge >= 0.3 is 0 Å². The van der Waals surface area contributed by atoms with Crippen LogP contribution >= 0.6 is 0 Å². The Hall–Kier alpha value is -1.83. The Bertz CT molecular complexity index is 552. The van der Waals surface area contributed by atoms with Crippen LogP contribution in [0.2, 0.25) is 0 Å².